The van der Waals surface area contributed by atoms with E-state index in [-0.39, 0.29) is 23.6 Å². The minimum atomic E-state index is -0.168. The standard InChI is InChI=1S/C31H28Cl2N6O2S/c1-19-8-11-26-24(14-19)28-29(39(26)17-21-6-4-3-5-7-21)34-31(36-35-28)42-18-27(40)37-12-13-38(20(2)16-37)30(41)23-10-9-22(32)15-25(23)33/h3-11,14-15,20H,12-13,16-18H2,1-2H3. The van der Waals surface area contributed by atoms with Gasteiger partial charge in [-0.15, -0.1) is 10.2 Å². The van der Waals surface area contributed by atoms with Gasteiger partial charge in [-0.2, -0.15) is 0 Å². The van der Waals surface area contributed by atoms with E-state index in [9.17, 15) is 9.59 Å². The van der Waals surface area contributed by atoms with E-state index in [2.05, 4.69) is 52.0 Å². The van der Waals surface area contributed by atoms with E-state index in [0.29, 0.717) is 46.9 Å². The van der Waals surface area contributed by atoms with Crippen molar-refractivity contribution in [2.24, 2.45) is 0 Å². The van der Waals surface area contributed by atoms with Crippen molar-refractivity contribution in [2.45, 2.75) is 31.6 Å². The van der Waals surface area contributed by atoms with Crippen LogP contribution < -0.4 is 0 Å². The zero-order valence-corrected chi connectivity index (χ0v) is 25.5. The number of fused-ring (bicyclic) bond motifs is 3. The van der Waals surface area contributed by atoms with Crippen molar-refractivity contribution in [3.8, 4) is 0 Å². The molecule has 42 heavy (non-hydrogen) atoms. The number of hydrogen-bond acceptors (Lipinski definition) is 6. The van der Waals surface area contributed by atoms with Crippen LogP contribution in [0.4, 0.5) is 0 Å². The Morgan fingerprint density at radius 2 is 1.81 bits per heavy atom. The lowest BCUT2D eigenvalue weighted by Gasteiger charge is -2.40. The lowest BCUT2D eigenvalue weighted by Crippen LogP contribution is -2.55. The average molecular weight is 620 g/mol. The van der Waals surface area contributed by atoms with E-state index in [1.165, 1.54) is 11.8 Å². The van der Waals surface area contributed by atoms with Crippen molar-refractivity contribution in [2.75, 3.05) is 25.4 Å². The maximum Gasteiger partial charge on any atom is 0.255 e. The highest BCUT2D eigenvalue weighted by Gasteiger charge is 2.31. The number of nitrogens with zero attached hydrogens (tertiary/aromatic N) is 6. The van der Waals surface area contributed by atoms with Gasteiger partial charge in [-0.3, -0.25) is 9.59 Å². The van der Waals surface area contributed by atoms with E-state index in [1.807, 2.05) is 25.1 Å². The summed E-state index contributed by atoms with van der Waals surface area (Å²) in [5.74, 6) is -0.0262. The van der Waals surface area contributed by atoms with Crippen LogP contribution in [-0.2, 0) is 11.3 Å². The summed E-state index contributed by atoms with van der Waals surface area (Å²) >= 11 is 13.5. The van der Waals surface area contributed by atoms with Gasteiger partial charge in [-0.05, 0) is 49.7 Å². The van der Waals surface area contributed by atoms with Crippen LogP contribution in [0.1, 0.15) is 28.4 Å². The lowest BCUT2D eigenvalue weighted by molar-refractivity contribution is -0.130. The summed E-state index contributed by atoms with van der Waals surface area (Å²) in [6.45, 7) is 5.91. The second kappa shape index (κ2) is 11.9. The first-order valence-corrected chi connectivity index (χ1v) is 15.4. The number of aryl methyl sites for hydroxylation is 1. The minimum absolute atomic E-state index is 0.0346. The van der Waals surface area contributed by atoms with Gasteiger partial charge in [-0.25, -0.2) is 4.98 Å². The number of piperazine rings is 1. The molecule has 3 aromatic carbocycles. The number of benzene rings is 3. The van der Waals surface area contributed by atoms with Gasteiger partial charge in [0.1, 0.15) is 5.52 Å². The molecule has 2 amide bonds. The molecule has 0 saturated carbocycles. The molecule has 1 aliphatic heterocycles. The molecular weight excluding hydrogens is 591 g/mol. The number of carbonyl (C=O) groups excluding carboxylic acids is 2. The lowest BCUT2D eigenvalue weighted by atomic mass is 10.1. The zero-order valence-electron chi connectivity index (χ0n) is 23.1. The van der Waals surface area contributed by atoms with E-state index in [4.69, 9.17) is 28.2 Å². The Kier molecular flexibility index (Phi) is 8.07. The summed E-state index contributed by atoms with van der Waals surface area (Å²) in [6, 6.07) is 21.2. The Bertz CT molecular complexity index is 1810. The van der Waals surface area contributed by atoms with Crippen LogP contribution in [-0.4, -0.2) is 72.8 Å². The summed E-state index contributed by atoms with van der Waals surface area (Å²) in [5.41, 5.74) is 5.23. The predicted molar refractivity (Wildman–Crippen MR) is 167 cm³/mol. The van der Waals surface area contributed by atoms with Crippen molar-refractivity contribution in [1.29, 1.82) is 0 Å². The summed E-state index contributed by atoms with van der Waals surface area (Å²) < 4.78 is 2.16. The zero-order chi connectivity index (χ0) is 29.4. The summed E-state index contributed by atoms with van der Waals surface area (Å²) in [5, 5.41) is 11.2. The molecule has 1 unspecified atom stereocenters. The number of carbonyl (C=O) groups is 2. The molecule has 5 aromatic rings. The Labute approximate surface area is 257 Å². The monoisotopic (exact) mass is 618 g/mol. The van der Waals surface area contributed by atoms with Crippen LogP contribution in [0.5, 0.6) is 0 Å². The van der Waals surface area contributed by atoms with Crippen molar-refractivity contribution in [3.63, 3.8) is 0 Å². The van der Waals surface area contributed by atoms with Crippen LogP contribution in [0.3, 0.4) is 0 Å². The maximum absolute atomic E-state index is 13.2. The number of rotatable bonds is 6. The molecule has 1 atom stereocenters. The quantitative estimate of drug-likeness (QED) is 0.214. The Morgan fingerprint density at radius 3 is 2.57 bits per heavy atom. The van der Waals surface area contributed by atoms with Crippen molar-refractivity contribution < 1.29 is 9.59 Å². The molecule has 8 nitrogen and oxygen atoms in total. The SMILES string of the molecule is Cc1ccc2c(c1)c1nnc(SCC(=O)N3CCN(C(=O)c4ccc(Cl)cc4Cl)C(C)C3)nc1n2Cc1ccccc1. The largest absolute Gasteiger partial charge is 0.338 e. The van der Waals surface area contributed by atoms with Crippen molar-refractivity contribution in [1.82, 2.24) is 29.5 Å². The first-order valence-electron chi connectivity index (χ1n) is 13.6. The highest BCUT2D eigenvalue weighted by molar-refractivity contribution is 7.99. The summed E-state index contributed by atoms with van der Waals surface area (Å²) in [4.78, 5) is 34.7. The van der Waals surface area contributed by atoms with Gasteiger partial charge in [0.25, 0.3) is 5.91 Å². The first-order chi connectivity index (χ1) is 20.3. The van der Waals surface area contributed by atoms with E-state index >= 15 is 0 Å². The molecule has 0 bridgehead atoms. The summed E-state index contributed by atoms with van der Waals surface area (Å²) in [7, 11) is 0. The van der Waals surface area contributed by atoms with Gasteiger partial charge in [-0.1, -0.05) is 76.9 Å². The molecule has 1 saturated heterocycles. The fraction of sp³-hybridized carbons (Fsp3) is 0.258. The van der Waals surface area contributed by atoms with Gasteiger partial charge in [0.15, 0.2) is 5.65 Å². The van der Waals surface area contributed by atoms with Gasteiger partial charge in [0.2, 0.25) is 11.1 Å². The number of halogens is 2. The first kappa shape index (κ1) is 28.5. The summed E-state index contributed by atoms with van der Waals surface area (Å²) in [6.07, 6.45) is 0. The molecule has 214 valence electrons. The average Bonchev–Trinajstić information content (AvgIpc) is 3.27. The molecule has 6 rings (SSSR count). The topological polar surface area (TPSA) is 84.2 Å². The second-order valence-corrected chi connectivity index (χ2v) is 12.2. The Hall–Kier alpha value is -3.66. The van der Waals surface area contributed by atoms with Crippen LogP contribution >= 0.6 is 35.0 Å². The van der Waals surface area contributed by atoms with Gasteiger partial charge in [0.05, 0.1) is 21.9 Å². The molecule has 1 fully saturated rings. The fourth-order valence-electron chi connectivity index (χ4n) is 5.36. The van der Waals surface area contributed by atoms with Crippen LogP contribution in [0, 0.1) is 6.92 Å². The normalized spacial score (nSPS) is 15.5. The third kappa shape index (κ3) is 5.69. The smallest absolute Gasteiger partial charge is 0.255 e. The van der Waals surface area contributed by atoms with Crippen molar-refractivity contribution in [3.05, 3.63) is 93.5 Å². The highest BCUT2D eigenvalue weighted by Crippen LogP contribution is 2.29. The number of thioether (sulfide) groups is 1. The third-order valence-corrected chi connectivity index (χ3v) is 8.88. The van der Waals surface area contributed by atoms with E-state index in [0.717, 1.165) is 33.2 Å². The molecule has 11 heteroatoms. The van der Waals surface area contributed by atoms with E-state index < -0.39 is 0 Å². The van der Waals surface area contributed by atoms with Crippen LogP contribution in [0.15, 0.2) is 71.9 Å². The number of aromatic nitrogens is 4. The Morgan fingerprint density at radius 1 is 1.00 bits per heavy atom. The predicted octanol–water partition coefficient (Wildman–Crippen LogP) is 6.11. The maximum atomic E-state index is 13.2. The third-order valence-electron chi connectivity index (χ3n) is 7.51. The van der Waals surface area contributed by atoms with Gasteiger partial charge < -0.3 is 14.4 Å². The molecule has 0 N–H and O–H groups in total. The molecular formula is C31H28Cl2N6O2S. The molecule has 0 spiro atoms. The van der Waals surface area contributed by atoms with Gasteiger partial charge >= 0.3 is 0 Å². The molecule has 1 aliphatic rings. The highest BCUT2D eigenvalue weighted by atomic mass is 35.5. The molecule has 0 aliphatic carbocycles. The molecule has 0 radical (unpaired) electrons. The second-order valence-electron chi connectivity index (χ2n) is 10.5. The Balaban J connectivity index is 1.16. The van der Waals surface area contributed by atoms with Crippen LogP contribution in [0.2, 0.25) is 10.0 Å². The number of hydrogen-bond donors (Lipinski definition) is 0. The fourth-order valence-corrected chi connectivity index (χ4v) is 6.54. The van der Waals surface area contributed by atoms with Crippen molar-refractivity contribution >= 4 is 68.8 Å². The van der Waals surface area contributed by atoms with Gasteiger partial charge in [0, 0.05) is 42.6 Å². The minimum Gasteiger partial charge on any atom is -0.338 e. The molecule has 2 aromatic heterocycles. The van der Waals surface area contributed by atoms with Crippen LogP contribution in [0.25, 0.3) is 22.1 Å². The van der Waals surface area contributed by atoms with E-state index in [1.54, 1.807) is 28.0 Å². The number of amides is 2. The molecule has 3 heterocycles.